The molecule has 3 heterocycles. The Morgan fingerprint density at radius 3 is 2.45 bits per heavy atom. The van der Waals surface area contributed by atoms with Crippen LogP contribution in [0.15, 0.2) is 54.6 Å². The SMILES string of the molecule is O=C(COc1ccc2c(c1)OCO2)Nc1ccc(-c2ccc(N3CCCCCC3)nn2)cc1. The van der Waals surface area contributed by atoms with E-state index >= 15 is 0 Å². The summed E-state index contributed by atoms with van der Waals surface area (Å²) < 4.78 is 16.1. The van der Waals surface area contributed by atoms with Gasteiger partial charge in [0, 0.05) is 30.4 Å². The molecule has 0 aliphatic carbocycles. The first kappa shape index (κ1) is 21.1. The third-order valence-electron chi connectivity index (χ3n) is 5.76. The molecule has 1 aromatic heterocycles. The lowest BCUT2D eigenvalue weighted by Crippen LogP contribution is -2.25. The molecule has 2 aromatic carbocycles. The Balaban J connectivity index is 1.15. The smallest absolute Gasteiger partial charge is 0.262 e. The normalized spacial score (nSPS) is 15.1. The summed E-state index contributed by atoms with van der Waals surface area (Å²) in [5, 5.41) is 11.7. The van der Waals surface area contributed by atoms with Crippen molar-refractivity contribution in [2.24, 2.45) is 0 Å². The third-order valence-corrected chi connectivity index (χ3v) is 5.76. The largest absolute Gasteiger partial charge is 0.484 e. The van der Waals surface area contributed by atoms with Gasteiger partial charge >= 0.3 is 0 Å². The highest BCUT2D eigenvalue weighted by Gasteiger charge is 2.15. The Labute approximate surface area is 192 Å². The van der Waals surface area contributed by atoms with Gasteiger partial charge in [-0.3, -0.25) is 4.79 Å². The van der Waals surface area contributed by atoms with Crippen LogP contribution in [0.25, 0.3) is 11.3 Å². The molecule has 0 bridgehead atoms. The minimum absolute atomic E-state index is 0.106. The summed E-state index contributed by atoms with van der Waals surface area (Å²) >= 11 is 0. The highest BCUT2D eigenvalue weighted by molar-refractivity contribution is 5.92. The van der Waals surface area contributed by atoms with Crippen LogP contribution in [0.1, 0.15) is 25.7 Å². The lowest BCUT2D eigenvalue weighted by Gasteiger charge is -2.20. The van der Waals surface area contributed by atoms with E-state index in [4.69, 9.17) is 14.2 Å². The molecule has 0 unspecified atom stereocenters. The minimum atomic E-state index is -0.248. The van der Waals surface area contributed by atoms with E-state index in [0.717, 1.165) is 30.2 Å². The van der Waals surface area contributed by atoms with Crippen LogP contribution in [0.4, 0.5) is 11.5 Å². The van der Waals surface area contributed by atoms with Crippen LogP contribution in [-0.4, -0.2) is 42.6 Å². The zero-order valence-corrected chi connectivity index (χ0v) is 18.3. The Bertz CT molecular complexity index is 1090. The van der Waals surface area contributed by atoms with E-state index in [2.05, 4.69) is 20.4 Å². The first-order chi connectivity index (χ1) is 16.2. The molecule has 0 atom stereocenters. The van der Waals surface area contributed by atoms with Crippen molar-refractivity contribution < 1.29 is 19.0 Å². The number of ether oxygens (including phenoxy) is 3. The van der Waals surface area contributed by atoms with Gasteiger partial charge in [-0.15, -0.1) is 10.2 Å². The molecule has 8 nitrogen and oxygen atoms in total. The van der Waals surface area contributed by atoms with Gasteiger partial charge in [-0.2, -0.15) is 0 Å². The van der Waals surface area contributed by atoms with Crippen molar-refractivity contribution >= 4 is 17.4 Å². The number of anilines is 2. The fourth-order valence-corrected chi connectivity index (χ4v) is 3.98. The zero-order chi connectivity index (χ0) is 22.5. The number of carbonyl (C=O) groups excluding carboxylic acids is 1. The molecule has 2 aliphatic heterocycles. The van der Waals surface area contributed by atoms with Crippen molar-refractivity contribution in [2.75, 3.05) is 36.7 Å². The highest BCUT2D eigenvalue weighted by atomic mass is 16.7. The van der Waals surface area contributed by atoms with Gasteiger partial charge < -0.3 is 24.4 Å². The van der Waals surface area contributed by atoms with E-state index in [9.17, 15) is 4.79 Å². The van der Waals surface area contributed by atoms with E-state index in [1.807, 2.05) is 36.4 Å². The van der Waals surface area contributed by atoms with Crippen LogP contribution in [-0.2, 0) is 4.79 Å². The quantitative estimate of drug-likeness (QED) is 0.605. The standard InChI is InChI=1S/C25H26N4O4/c30-25(16-31-20-9-11-22-23(15-20)33-17-32-22)26-19-7-5-18(6-8-19)21-10-12-24(28-27-21)29-13-3-1-2-4-14-29/h5-12,15H,1-4,13-14,16-17H2,(H,26,30). The molecule has 1 N–H and O–H groups in total. The van der Waals surface area contributed by atoms with E-state index in [1.165, 1.54) is 25.7 Å². The number of rotatable bonds is 6. The average molecular weight is 447 g/mol. The fraction of sp³-hybridized carbons (Fsp3) is 0.320. The number of hydrogen-bond donors (Lipinski definition) is 1. The number of benzene rings is 2. The molecule has 2 aliphatic rings. The molecule has 1 amide bonds. The Kier molecular flexibility index (Phi) is 6.23. The first-order valence-corrected chi connectivity index (χ1v) is 11.3. The van der Waals surface area contributed by atoms with Gasteiger partial charge in [0.15, 0.2) is 23.9 Å². The van der Waals surface area contributed by atoms with Gasteiger partial charge in [0.1, 0.15) is 5.75 Å². The monoisotopic (exact) mass is 446 g/mol. The molecular weight excluding hydrogens is 420 g/mol. The minimum Gasteiger partial charge on any atom is -0.484 e. The lowest BCUT2D eigenvalue weighted by molar-refractivity contribution is -0.118. The summed E-state index contributed by atoms with van der Waals surface area (Å²) in [5.41, 5.74) is 2.43. The Morgan fingerprint density at radius 2 is 1.70 bits per heavy atom. The number of hydrogen-bond acceptors (Lipinski definition) is 7. The summed E-state index contributed by atoms with van der Waals surface area (Å²) in [4.78, 5) is 14.6. The predicted molar refractivity (Wildman–Crippen MR) is 125 cm³/mol. The van der Waals surface area contributed by atoms with E-state index in [1.54, 1.807) is 18.2 Å². The van der Waals surface area contributed by atoms with Gasteiger partial charge in [-0.05, 0) is 49.2 Å². The number of nitrogens with zero attached hydrogens (tertiary/aromatic N) is 3. The second kappa shape index (κ2) is 9.77. The molecule has 1 fully saturated rings. The van der Waals surface area contributed by atoms with Gasteiger partial charge in [0.2, 0.25) is 6.79 Å². The average Bonchev–Trinajstić information content (AvgIpc) is 3.15. The van der Waals surface area contributed by atoms with Gasteiger partial charge in [0.25, 0.3) is 5.91 Å². The number of nitrogens with one attached hydrogen (secondary N) is 1. The van der Waals surface area contributed by atoms with Crippen molar-refractivity contribution in [2.45, 2.75) is 25.7 Å². The fourth-order valence-electron chi connectivity index (χ4n) is 3.98. The van der Waals surface area contributed by atoms with Crippen molar-refractivity contribution in [1.82, 2.24) is 10.2 Å². The summed E-state index contributed by atoms with van der Waals surface area (Å²) in [6.07, 6.45) is 4.99. The summed E-state index contributed by atoms with van der Waals surface area (Å²) in [5.74, 6) is 2.53. The van der Waals surface area contributed by atoms with Gasteiger partial charge in [-0.25, -0.2) is 0 Å². The lowest BCUT2D eigenvalue weighted by atomic mass is 10.1. The van der Waals surface area contributed by atoms with E-state index in [0.29, 0.717) is 22.9 Å². The second-order valence-corrected chi connectivity index (χ2v) is 8.11. The van der Waals surface area contributed by atoms with Gasteiger partial charge in [0.05, 0.1) is 5.69 Å². The summed E-state index contributed by atoms with van der Waals surface area (Å²) in [6, 6.07) is 16.8. The van der Waals surface area contributed by atoms with Crippen LogP contribution in [0, 0.1) is 0 Å². The Morgan fingerprint density at radius 1 is 0.909 bits per heavy atom. The molecule has 170 valence electrons. The van der Waals surface area contributed by atoms with Crippen LogP contribution < -0.4 is 24.4 Å². The van der Waals surface area contributed by atoms with Gasteiger partial charge in [-0.1, -0.05) is 25.0 Å². The van der Waals surface area contributed by atoms with Crippen molar-refractivity contribution in [3.8, 4) is 28.5 Å². The van der Waals surface area contributed by atoms with Crippen molar-refractivity contribution in [3.05, 3.63) is 54.6 Å². The molecule has 5 rings (SSSR count). The highest BCUT2D eigenvalue weighted by Crippen LogP contribution is 2.35. The van der Waals surface area contributed by atoms with E-state index < -0.39 is 0 Å². The van der Waals surface area contributed by atoms with Crippen molar-refractivity contribution in [1.29, 1.82) is 0 Å². The van der Waals surface area contributed by atoms with Crippen LogP contribution >= 0.6 is 0 Å². The number of amides is 1. The summed E-state index contributed by atoms with van der Waals surface area (Å²) in [6.45, 7) is 2.18. The Hall–Kier alpha value is -3.81. The molecular formula is C25H26N4O4. The molecule has 0 saturated carbocycles. The van der Waals surface area contributed by atoms with E-state index in [-0.39, 0.29) is 19.3 Å². The number of aromatic nitrogens is 2. The molecule has 1 saturated heterocycles. The maximum atomic E-state index is 12.3. The molecule has 33 heavy (non-hydrogen) atoms. The summed E-state index contributed by atoms with van der Waals surface area (Å²) in [7, 11) is 0. The number of carbonyl (C=O) groups is 1. The third kappa shape index (κ3) is 5.16. The van der Waals surface area contributed by atoms with Crippen LogP contribution in [0.2, 0.25) is 0 Å². The topological polar surface area (TPSA) is 85.8 Å². The first-order valence-electron chi connectivity index (χ1n) is 11.3. The zero-order valence-electron chi connectivity index (χ0n) is 18.3. The molecule has 0 spiro atoms. The predicted octanol–water partition coefficient (Wildman–Crippen LogP) is 4.27. The maximum absolute atomic E-state index is 12.3. The van der Waals surface area contributed by atoms with Crippen molar-refractivity contribution in [3.63, 3.8) is 0 Å². The maximum Gasteiger partial charge on any atom is 0.262 e. The van der Waals surface area contributed by atoms with Crippen LogP contribution in [0.5, 0.6) is 17.2 Å². The van der Waals surface area contributed by atoms with Crippen LogP contribution in [0.3, 0.4) is 0 Å². The molecule has 8 heteroatoms. The second-order valence-electron chi connectivity index (χ2n) is 8.11. The molecule has 3 aromatic rings. The number of fused-ring (bicyclic) bond motifs is 1. The molecule has 0 radical (unpaired) electrons.